The van der Waals surface area contributed by atoms with E-state index in [1.54, 1.807) is 18.2 Å². The summed E-state index contributed by atoms with van der Waals surface area (Å²) in [6.45, 7) is 0. The van der Waals surface area contributed by atoms with Gasteiger partial charge < -0.3 is 9.15 Å². The minimum absolute atomic E-state index is 0.377. The molecule has 4 nitrogen and oxygen atoms in total. The fourth-order valence-corrected chi connectivity index (χ4v) is 1.89. The van der Waals surface area contributed by atoms with Crippen LogP contribution in [-0.4, -0.2) is 18.1 Å². The predicted molar refractivity (Wildman–Crippen MR) is 70.8 cm³/mol. The molecule has 19 heavy (non-hydrogen) atoms. The number of fused-ring (bicyclic) bond motifs is 1. The molecule has 0 fully saturated rings. The maximum atomic E-state index is 11.5. The van der Waals surface area contributed by atoms with Gasteiger partial charge in [0.15, 0.2) is 5.58 Å². The molecule has 3 aromatic rings. The van der Waals surface area contributed by atoms with Crippen LogP contribution in [0.3, 0.4) is 0 Å². The number of methoxy groups -OCH3 is 1. The van der Waals surface area contributed by atoms with Crippen molar-refractivity contribution in [2.24, 2.45) is 0 Å². The molecule has 2 aromatic carbocycles. The Morgan fingerprint density at radius 3 is 2.79 bits per heavy atom. The third-order valence-electron chi connectivity index (χ3n) is 2.82. The normalized spacial score (nSPS) is 10.6. The maximum Gasteiger partial charge on any atom is 0.337 e. The van der Waals surface area contributed by atoms with Crippen molar-refractivity contribution in [2.45, 2.75) is 0 Å². The van der Waals surface area contributed by atoms with Crippen molar-refractivity contribution < 1.29 is 13.9 Å². The number of hydrogen-bond donors (Lipinski definition) is 0. The number of esters is 1. The highest BCUT2D eigenvalue weighted by Crippen LogP contribution is 2.24. The highest BCUT2D eigenvalue weighted by molar-refractivity contribution is 5.90. The van der Waals surface area contributed by atoms with Crippen LogP contribution in [0.15, 0.2) is 52.9 Å². The number of carbonyl (C=O) groups excluding carboxylic acids is 1. The van der Waals surface area contributed by atoms with Gasteiger partial charge in [0.05, 0.1) is 12.7 Å². The molecule has 0 saturated carbocycles. The third kappa shape index (κ3) is 2.08. The van der Waals surface area contributed by atoms with Gasteiger partial charge in [0, 0.05) is 5.56 Å². The van der Waals surface area contributed by atoms with Crippen molar-refractivity contribution in [2.75, 3.05) is 7.11 Å². The summed E-state index contributed by atoms with van der Waals surface area (Å²) >= 11 is 0. The summed E-state index contributed by atoms with van der Waals surface area (Å²) in [6, 6.07) is 14.5. The predicted octanol–water partition coefficient (Wildman–Crippen LogP) is 3.28. The molecule has 0 aliphatic rings. The lowest BCUT2D eigenvalue weighted by molar-refractivity contribution is 0.0601. The lowest BCUT2D eigenvalue weighted by Gasteiger charge is -2.00. The zero-order chi connectivity index (χ0) is 13.2. The van der Waals surface area contributed by atoms with Gasteiger partial charge in [-0.05, 0) is 30.3 Å². The van der Waals surface area contributed by atoms with Crippen molar-refractivity contribution in [3.05, 3.63) is 54.1 Å². The highest BCUT2D eigenvalue weighted by atomic mass is 16.5. The van der Waals surface area contributed by atoms with Gasteiger partial charge in [0.1, 0.15) is 5.52 Å². The van der Waals surface area contributed by atoms with Gasteiger partial charge in [-0.15, -0.1) is 0 Å². The number of oxazole rings is 1. The fourth-order valence-electron chi connectivity index (χ4n) is 1.89. The Morgan fingerprint density at radius 1 is 1.16 bits per heavy atom. The first kappa shape index (κ1) is 11.5. The van der Waals surface area contributed by atoms with Gasteiger partial charge in [0.25, 0.3) is 0 Å². The van der Waals surface area contributed by atoms with Gasteiger partial charge in [-0.3, -0.25) is 0 Å². The van der Waals surface area contributed by atoms with Crippen molar-refractivity contribution in [3.8, 4) is 11.5 Å². The number of nitrogens with zero attached hydrogens (tertiary/aromatic N) is 1. The molecule has 3 rings (SSSR count). The Labute approximate surface area is 109 Å². The van der Waals surface area contributed by atoms with Gasteiger partial charge in [-0.1, -0.05) is 18.2 Å². The molecule has 1 aromatic heterocycles. The monoisotopic (exact) mass is 253 g/mol. The number of para-hydroxylation sites is 2. The van der Waals surface area contributed by atoms with Crippen LogP contribution < -0.4 is 0 Å². The number of rotatable bonds is 2. The van der Waals surface area contributed by atoms with Crippen LogP contribution in [0.4, 0.5) is 0 Å². The molecule has 0 spiro atoms. The smallest absolute Gasteiger partial charge is 0.337 e. The van der Waals surface area contributed by atoms with Crippen LogP contribution in [0.5, 0.6) is 0 Å². The van der Waals surface area contributed by atoms with Crippen LogP contribution in [0.1, 0.15) is 10.4 Å². The van der Waals surface area contributed by atoms with E-state index in [4.69, 9.17) is 9.15 Å². The average Bonchev–Trinajstić information content (AvgIpc) is 2.90. The van der Waals surface area contributed by atoms with Gasteiger partial charge in [-0.2, -0.15) is 0 Å². The SMILES string of the molecule is COC(=O)c1cccc(-c2nc3ccccc3o2)c1. The number of carbonyl (C=O) groups is 1. The van der Waals surface area contributed by atoms with E-state index in [1.165, 1.54) is 7.11 Å². The van der Waals surface area contributed by atoms with E-state index < -0.39 is 0 Å². The Balaban J connectivity index is 2.08. The minimum atomic E-state index is -0.377. The Kier molecular flexibility index (Phi) is 2.76. The van der Waals surface area contributed by atoms with Gasteiger partial charge >= 0.3 is 5.97 Å². The van der Waals surface area contributed by atoms with E-state index in [1.807, 2.05) is 30.3 Å². The molecule has 1 heterocycles. The molecule has 0 aliphatic carbocycles. The van der Waals surface area contributed by atoms with E-state index in [0.717, 1.165) is 16.7 Å². The topological polar surface area (TPSA) is 52.3 Å². The van der Waals surface area contributed by atoms with Crippen LogP contribution in [0.2, 0.25) is 0 Å². The van der Waals surface area contributed by atoms with Crippen LogP contribution in [0.25, 0.3) is 22.6 Å². The molecule has 94 valence electrons. The zero-order valence-corrected chi connectivity index (χ0v) is 10.3. The second kappa shape index (κ2) is 4.57. The Morgan fingerprint density at radius 2 is 2.00 bits per heavy atom. The van der Waals surface area contributed by atoms with Crippen LogP contribution >= 0.6 is 0 Å². The molecular weight excluding hydrogens is 242 g/mol. The van der Waals surface area contributed by atoms with Crippen molar-refractivity contribution in [3.63, 3.8) is 0 Å². The molecule has 0 radical (unpaired) electrons. The molecule has 0 unspecified atom stereocenters. The summed E-state index contributed by atoms with van der Waals surface area (Å²) in [4.78, 5) is 15.9. The van der Waals surface area contributed by atoms with Crippen molar-refractivity contribution in [1.29, 1.82) is 0 Å². The zero-order valence-electron chi connectivity index (χ0n) is 10.3. The van der Waals surface area contributed by atoms with E-state index in [9.17, 15) is 4.79 Å². The number of aromatic nitrogens is 1. The van der Waals surface area contributed by atoms with E-state index in [0.29, 0.717) is 11.5 Å². The second-order valence-electron chi connectivity index (χ2n) is 4.06. The molecule has 0 aliphatic heterocycles. The molecule has 0 N–H and O–H groups in total. The third-order valence-corrected chi connectivity index (χ3v) is 2.82. The lowest BCUT2D eigenvalue weighted by atomic mass is 10.1. The molecule has 0 atom stereocenters. The summed E-state index contributed by atoms with van der Waals surface area (Å²) in [6.07, 6.45) is 0. The fraction of sp³-hybridized carbons (Fsp3) is 0.0667. The van der Waals surface area contributed by atoms with Crippen LogP contribution in [-0.2, 0) is 4.74 Å². The largest absolute Gasteiger partial charge is 0.465 e. The van der Waals surface area contributed by atoms with E-state index >= 15 is 0 Å². The molecule has 0 saturated heterocycles. The number of hydrogen-bond acceptors (Lipinski definition) is 4. The van der Waals surface area contributed by atoms with Crippen LogP contribution in [0, 0.1) is 0 Å². The number of benzene rings is 2. The van der Waals surface area contributed by atoms with E-state index in [-0.39, 0.29) is 5.97 Å². The Bertz CT molecular complexity index is 713. The lowest BCUT2D eigenvalue weighted by Crippen LogP contribution is -2.00. The van der Waals surface area contributed by atoms with Gasteiger partial charge in [0.2, 0.25) is 5.89 Å². The van der Waals surface area contributed by atoms with Gasteiger partial charge in [-0.25, -0.2) is 9.78 Å². The molecule has 0 bridgehead atoms. The maximum absolute atomic E-state index is 11.5. The first-order valence-electron chi connectivity index (χ1n) is 5.82. The summed E-state index contributed by atoms with van der Waals surface area (Å²) in [5, 5.41) is 0. The average molecular weight is 253 g/mol. The standard InChI is InChI=1S/C15H11NO3/c1-18-15(17)11-6-4-5-10(9-11)14-16-12-7-2-3-8-13(12)19-14/h2-9H,1H3. The summed E-state index contributed by atoms with van der Waals surface area (Å²) in [7, 11) is 1.36. The highest BCUT2D eigenvalue weighted by Gasteiger charge is 2.11. The summed E-state index contributed by atoms with van der Waals surface area (Å²) < 4.78 is 10.4. The minimum Gasteiger partial charge on any atom is -0.465 e. The molecule has 0 amide bonds. The summed E-state index contributed by atoms with van der Waals surface area (Å²) in [5.74, 6) is 0.116. The van der Waals surface area contributed by atoms with E-state index in [2.05, 4.69) is 4.98 Å². The Hall–Kier alpha value is -2.62. The van der Waals surface area contributed by atoms with Crippen molar-refractivity contribution in [1.82, 2.24) is 4.98 Å². The number of ether oxygens (including phenoxy) is 1. The summed E-state index contributed by atoms with van der Waals surface area (Å²) in [5.41, 5.74) is 2.74. The molecular formula is C15H11NO3. The second-order valence-corrected chi connectivity index (χ2v) is 4.06. The first-order valence-corrected chi connectivity index (χ1v) is 5.82. The first-order chi connectivity index (χ1) is 9.28. The molecule has 4 heteroatoms. The van der Waals surface area contributed by atoms with Crippen molar-refractivity contribution >= 4 is 17.1 Å². The quantitative estimate of drug-likeness (QED) is 0.658.